The molecule has 0 radical (unpaired) electrons. The fourth-order valence-electron chi connectivity index (χ4n) is 2.39. The van der Waals surface area contributed by atoms with Gasteiger partial charge in [0.15, 0.2) is 0 Å². The summed E-state index contributed by atoms with van der Waals surface area (Å²) in [6.07, 6.45) is -0.908. The quantitative estimate of drug-likeness (QED) is 0.638. The Morgan fingerprint density at radius 2 is 1.71 bits per heavy atom. The number of hydrogen-bond donors (Lipinski definition) is 1. The van der Waals surface area contributed by atoms with E-state index in [1.807, 2.05) is 36.4 Å². The molecule has 0 aliphatic rings. The molecule has 0 amide bonds. The van der Waals surface area contributed by atoms with Crippen LogP contribution >= 0.6 is 27.5 Å². The number of rotatable bonds is 2. The molecule has 3 rings (SSSR count). The second kappa shape index (κ2) is 5.76. The Labute approximate surface area is 135 Å². The molecule has 3 aromatic rings. The van der Waals surface area contributed by atoms with Gasteiger partial charge in [0.25, 0.3) is 0 Å². The molecule has 1 N–H and O–H groups in total. The van der Waals surface area contributed by atoms with Gasteiger partial charge in [-0.3, -0.25) is 0 Å². The van der Waals surface area contributed by atoms with E-state index in [2.05, 4.69) is 15.9 Å². The zero-order chi connectivity index (χ0) is 15.0. The van der Waals surface area contributed by atoms with Crippen molar-refractivity contribution in [2.45, 2.75) is 6.10 Å². The van der Waals surface area contributed by atoms with E-state index >= 15 is 0 Å². The average molecular weight is 366 g/mol. The van der Waals surface area contributed by atoms with Crippen molar-refractivity contribution in [2.75, 3.05) is 0 Å². The van der Waals surface area contributed by atoms with E-state index in [1.165, 1.54) is 12.1 Å². The maximum atomic E-state index is 13.6. The Morgan fingerprint density at radius 1 is 1.00 bits per heavy atom. The molecular formula is C17H11BrClFO. The van der Waals surface area contributed by atoms with Gasteiger partial charge in [0, 0.05) is 4.47 Å². The molecule has 0 bridgehead atoms. The highest BCUT2D eigenvalue weighted by Gasteiger charge is 2.16. The van der Waals surface area contributed by atoms with E-state index in [1.54, 1.807) is 6.07 Å². The normalized spacial score (nSPS) is 12.6. The van der Waals surface area contributed by atoms with Crippen LogP contribution in [0.1, 0.15) is 17.2 Å². The minimum atomic E-state index is -0.908. The van der Waals surface area contributed by atoms with Gasteiger partial charge in [-0.05, 0) is 40.1 Å². The Balaban J connectivity index is 2.15. The predicted octanol–water partition coefficient (Wildman–Crippen LogP) is 5.48. The molecule has 0 saturated heterocycles. The lowest BCUT2D eigenvalue weighted by atomic mass is 9.96. The molecular weight excluding hydrogens is 355 g/mol. The van der Waals surface area contributed by atoms with Crippen LogP contribution in [0.3, 0.4) is 0 Å². The molecule has 0 fully saturated rings. The SMILES string of the molecule is OC(c1ccc(Cl)c(F)c1)c1ccc(Br)c2ccccc12. The van der Waals surface area contributed by atoms with Crippen molar-refractivity contribution in [1.82, 2.24) is 0 Å². The van der Waals surface area contributed by atoms with E-state index in [9.17, 15) is 9.50 Å². The van der Waals surface area contributed by atoms with Crippen molar-refractivity contribution >= 4 is 38.3 Å². The van der Waals surface area contributed by atoms with Gasteiger partial charge in [-0.25, -0.2) is 4.39 Å². The summed E-state index contributed by atoms with van der Waals surface area (Å²) in [6, 6.07) is 15.8. The van der Waals surface area contributed by atoms with Crippen LogP contribution in [0.2, 0.25) is 5.02 Å². The third-order valence-electron chi connectivity index (χ3n) is 3.46. The molecule has 0 aliphatic carbocycles. The first-order chi connectivity index (χ1) is 10.1. The molecule has 1 nitrogen and oxygen atoms in total. The minimum absolute atomic E-state index is 0.0478. The highest BCUT2D eigenvalue weighted by molar-refractivity contribution is 9.10. The summed E-state index contributed by atoms with van der Waals surface area (Å²) >= 11 is 9.18. The van der Waals surface area contributed by atoms with Crippen LogP contribution in [0.25, 0.3) is 10.8 Å². The summed E-state index contributed by atoms with van der Waals surface area (Å²) < 4.78 is 14.5. The Kier molecular flexibility index (Phi) is 3.98. The first kappa shape index (κ1) is 14.5. The smallest absolute Gasteiger partial charge is 0.142 e. The number of aliphatic hydroxyl groups excluding tert-OH is 1. The van der Waals surface area contributed by atoms with Crippen molar-refractivity contribution < 1.29 is 9.50 Å². The lowest BCUT2D eigenvalue weighted by Crippen LogP contribution is -2.01. The van der Waals surface area contributed by atoms with Crippen LogP contribution < -0.4 is 0 Å². The van der Waals surface area contributed by atoms with E-state index in [-0.39, 0.29) is 5.02 Å². The van der Waals surface area contributed by atoms with E-state index in [0.717, 1.165) is 20.8 Å². The first-order valence-corrected chi connectivity index (χ1v) is 7.55. The summed E-state index contributed by atoms with van der Waals surface area (Å²) in [4.78, 5) is 0. The molecule has 0 heterocycles. The van der Waals surface area contributed by atoms with Gasteiger partial charge in [-0.1, -0.05) is 63.9 Å². The lowest BCUT2D eigenvalue weighted by molar-refractivity contribution is 0.221. The first-order valence-electron chi connectivity index (χ1n) is 6.38. The summed E-state index contributed by atoms with van der Waals surface area (Å²) in [7, 11) is 0. The highest BCUT2D eigenvalue weighted by Crippen LogP contribution is 2.33. The second-order valence-electron chi connectivity index (χ2n) is 4.76. The molecule has 0 saturated carbocycles. The molecule has 106 valence electrons. The van der Waals surface area contributed by atoms with Crippen molar-refractivity contribution in [1.29, 1.82) is 0 Å². The van der Waals surface area contributed by atoms with E-state index in [0.29, 0.717) is 5.56 Å². The standard InChI is InChI=1S/C17H11BrClFO/c18-14-7-6-13(11-3-1-2-4-12(11)14)17(21)10-5-8-15(19)16(20)9-10/h1-9,17,21H. The third-order valence-corrected chi connectivity index (χ3v) is 4.46. The van der Waals surface area contributed by atoms with Crippen LogP contribution in [0, 0.1) is 5.82 Å². The topological polar surface area (TPSA) is 20.2 Å². The van der Waals surface area contributed by atoms with Crippen LogP contribution in [0.5, 0.6) is 0 Å². The van der Waals surface area contributed by atoms with E-state index < -0.39 is 11.9 Å². The minimum Gasteiger partial charge on any atom is -0.384 e. The number of aliphatic hydroxyl groups is 1. The van der Waals surface area contributed by atoms with Crippen molar-refractivity contribution in [2.24, 2.45) is 0 Å². The van der Waals surface area contributed by atoms with Crippen LogP contribution in [-0.4, -0.2) is 5.11 Å². The monoisotopic (exact) mass is 364 g/mol. The molecule has 1 unspecified atom stereocenters. The van der Waals surface area contributed by atoms with Gasteiger partial charge in [-0.2, -0.15) is 0 Å². The summed E-state index contributed by atoms with van der Waals surface area (Å²) in [5, 5.41) is 12.5. The van der Waals surface area contributed by atoms with Crippen molar-refractivity contribution in [3.05, 3.63) is 81.0 Å². The zero-order valence-corrected chi connectivity index (χ0v) is 13.2. The number of benzene rings is 3. The Hall–Kier alpha value is -1.42. The second-order valence-corrected chi connectivity index (χ2v) is 6.02. The molecule has 0 aliphatic heterocycles. The fraction of sp³-hybridized carbons (Fsp3) is 0.0588. The summed E-state index contributed by atoms with van der Waals surface area (Å²) in [5.41, 5.74) is 1.21. The summed E-state index contributed by atoms with van der Waals surface area (Å²) in [6.45, 7) is 0. The fourth-order valence-corrected chi connectivity index (χ4v) is 2.98. The van der Waals surface area contributed by atoms with Gasteiger partial charge in [0.2, 0.25) is 0 Å². The molecule has 0 aromatic heterocycles. The molecule has 0 spiro atoms. The van der Waals surface area contributed by atoms with Gasteiger partial charge < -0.3 is 5.11 Å². The van der Waals surface area contributed by atoms with Crippen molar-refractivity contribution in [3.63, 3.8) is 0 Å². The van der Waals surface area contributed by atoms with Gasteiger partial charge in [0.05, 0.1) is 5.02 Å². The summed E-state index contributed by atoms with van der Waals surface area (Å²) in [5.74, 6) is -0.533. The maximum Gasteiger partial charge on any atom is 0.142 e. The number of halogens is 3. The zero-order valence-electron chi connectivity index (χ0n) is 10.9. The largest absolute Gasteiger partial charge is 0.384 e. The lowest BCUT2D eigenvalue weighted by Gasteiger charge is -2.15. The molecule has 4 heteroatoms. The highest BCUT2D eigenvalue weighted by atomic mass is 79.9. The molecule has 21 heavy (non-hydrogen) atoms. The molecule has 1 atom stereocenters. The third kappa shape index (κ3) is 2.69. The van der Waals surface area contributed by atoms with Crippen LogP contribution in [0.4, 0.5) is 4.39 Å². The van der Waals surface area contributed by atoms with Crippen LogP contribution in [0.15, 0.2) is 59.1 Å². The van der Waals surface area contributed by atoms with Crippen LogP contribution in [-0.2, 0) is 0 Å². The number of hydrogen-bond acceptors (Lipinski definition) is 1. The predicted molar refractivity (Wildman–Crippen MR) is 87.1 cm³/mol. The Bertz CT molecular complexity index is 819. The van der Waals surface area contributed by atoms with Gasteiger partial charge >= 0.3 is 0 Å². The number of fused-ring (bicyclic) bond motifs is 1. The maximum absolute atomic E-state index is 13.6. The van der Waals surface area contributed by atoms with E-state index in [4.69, 9.17) is 11.6 Å². The Morgan fingerprint density at radius 3 is 2.43 bits per heavy atom. The van der Waals surface area contributed by atoms with Crippen molar-refractivity contribution in [3.8, 4) is 0 Å². The van der Waals surface area contributed by atoms with Gasteiger partial charge in [0.1, 0.15) is 11.9 Å². The average Bonchev–Trinajstić information content (AvgIpc) is 2.50. The molecule has 3 aromatic carbocycles. The van der Waals surface area contributed by atoms with Gasteiger partial charge in [-0.15, -0.1) is 0 Å².